The molecule has 0 bridgehead atoms. The third kappa shape index (κ3) is 4.79. The average molecular weight is 284 g/mol. The third-order valence-corrected chi connectivity index (χ3v) is 2.59. The molecule has 0 aliphatic carbocycles. The Morgan fingerprint density at radius 2 is 2.00 bits per heavy atom. The molecule has 5 nitrogen and oxygen atoms in total. The number of carbonyl (C=O) groups is 2. The van der Waals surface area contributed by atoms with Gasteiger partial charge in [-0.2, -0.15) is 0 Å². The molecule has 6 heteroatoms. The van der Waals surface area contributed by atoms with E-state index in [1.54, 1.807) is 25.2 Å². The molecule has 0 aliphatic rings. The second-order valence-corrected chi connectivity index (χ2v) is 4.78. The van der Waals surface area contributed by atoms with Gasteiger partial charge in [0.2, 0.25) is 5.91 Å². The largest absolute Gasteiger partial charge is 0.387 e. The molecule has 0 unspecified atom stereocenters. The van der Waals surface area contributed by atoms with Crippen molar-refractivity contribution in [2.45, 2.75) is 19.9 Å². The Balaban J connectivity index is 2.68. The van der Waals surface area contributed by atoms with Crippen LogP contribution in [0.5, 0.6) is 0 Å². The van der Waals surface area contributed by atoms with Crippen molar-refractivity contribution in [1.82, 2.24) is 10.6 Å². The molecule has 2 amide bonds. The quantitative estimate of drug-likeness (QED) is 0.769. The highest BCUT2D eigenvalue weighted by Gasteiger charge is 2.12. The van der Waals surface area contributed by atoms with E-state index in [1.807, 2.05) is 13.8 Å². The van der Waals surface area contributed by atoms with Crippen LogP contribution < -0.4 is 16.0 Å². The van der Waals surface area contributed by atoms with Crippen molar-refractivity contribution in [3.8, 4) is 0 Å². The average Bonchev–Trinajstić information content (AvgIpc) is 2.35. The summed E-state index contributed by atoms with van der Waals surface area (Å²) in [6, 6.07) is 5.01. The highest BCUT2D eigenvalue weighted by atomic mass is 35.5. The lowest BCUT2D eigenvalue weighted by Gasteiger charge is -2.11. The zero-order chi connectivity index (χ0) is 14.4. The van der Waals surface area contributed by atoms with Crippen LogP contribution in [0.15, 0.2) is 18.2 Å². The number of amides is 2. The Bertz CT molecular complexity index is 475. The van der Waals surface area contributed by atoms with E-state index in [2.05, 4.69) is 16.0 Å². The maximum atomic E-state index is 12.0. The van der Waals surface area contributed by atoms with Crippen LogP contribution in [0.4, 0.5) is 5.69 Å². The molecular weight excluding hydrogens is 266 g/mol. The van der Waals surface area contributed by atoms with Gasteiger partial charge in [0.1, 0.15) is 0 Å². The molecule has 0 fully saturated rings. The smallest absolute Gasteiger partial charge is 0.253 e. The molecule has 3 N–H and O–H groups in total. The number of hydrogen-bond donors (Lipinski definition) is 3. The van der Waals surface area contributed by atoms with Crippen LogP contribution in [0.1, 0.15) is 24.2 Å². The van der Waals surface area contributed by atoms with Crippen molar-refractivity contribution in [2.75, 3.05) is 18.9 Å². The van der Waals surface area contributed by atoms with Crippen LogP contribution in [-0.2, 0) is 4.79 Å². The van der Waals surface area contributed by atoms with Crippen LogP contribution in [0.2, 0.25) is 5.02 Å². The standard InChI is InChI=1S/C13H18ClN3O2/c1-8(2)17-12(18)7-16-13(19)10-6-9(14)4-5-11(10)15-3/h4-6,8,15H,7H2,1-3H3,(H,16,19)(H,17,18). The number of nitrogens with one attached hydrogen (secondary N) is 3. The molecule has 0 saturated heterocycles. The number of benzene rings is 1. The van der Waals surface area contributed by atoms with Crippen molar-refractivity contribution in [3.63, 3.8) is 0 Å². The first-order valence-corrected chi connectivity index (χ1v) is 6.36. The van der Waals surface area contributed by atoms with Gasteiger partial charge in [0.05, 0.1) is 12.1 Å². The molecule has 0 atom stereocenters. The zero-order valence-corrected chi connectivity index (χ0v) is 12.0. The van der Waals surface area contributed by atoms with Crippen molar-refractivity contribution >= 4 is 29.1 Å². The van der Waals surface area contributed by atoms with Gasteiger partial charge in [-0.25, -0.2) is 0 Å². The van der Waals surface area contributed by atoms with Gasteiger partial charge in [-0.1, -0.05) is 11.6 Å². The van der Waals surface area contributed by atoms with Crippen LogP contribution in [0.25, 0.3) is 0 Å². The molecule has 1 rings (SSSR count). The van der Waals surface area contributed by atoms with Gasteiger partial charge in [-0.05, 0) is 32.0 Å². The van der Waals surface area contributed by atoms with Crippen LogP contribution >= 0.6 is 11.6 Å². The Morgan fingerprint density at radius 3 is 2.58 bits per heavy atom. The molecular formula is C13H18ClN3O2. The molecule has 0 spiro atoms. The lowest BCUT2D eigenvalue weighted by atomic mass is 10.1. The molecule has 0 aliphatic heterocycles. The summed E-state index contributed by atoms with van der Waals surface area (Å²) in [7, 11) is 1.71. The molecule has 0 radical (unpaired) electrons. The SMILES string of the molecule is CNc1ccc(Cl)cc1C(=O)NCC(=O)NC(C)C. The first kappa shape index (κ1) is 15.3. The summed E-state index contributed by atoms with van der Waals surface area (Å²) in [5.41, 5.74) is 1.07. The summed E-state index contributed by atoms with van der Waals surface area (Å²) < 4.78 is 0. The molecule has 0 aromatic heterocycles. The first-order chi connectivity index (χ1) is 8.93. The predicted molar refractivity (Wildman–Crippen MR) is 76.6 cm³/mol. The molecule has 0 saturated carbocycles. The van der Waals surface area contributed by atoms with Gasteiger partial charge >= 0.3 is 0 Å². The maximum absolute atomic E-state index is 12.0. The lowest BCUT2D eigenvalue weighted by Crippen LogP contribution is -2.39. The van der Waals surface area contributed by atoms with Gasteiger partial charge in [-0.15, -0.1) is 0 Å². The van der Waals surface area contributed by atoms with Gasteiger partial charge < -0.3 is 16.0 Å². The van der Waals surface area contributed by atoms with Crippen molar-refractivity contribution in [1.29, 1.82) is 0 Å². The molecule has 104 valence electrons. The van der Waals surface area contributed by atoms with E-state index in [1.165, 1.54) is 0 Å². The van der Waals surface area contributed by atoms with E-state index in [0.717, 1.165) is 0 Å². The van der Waals surface area contributed by atoms with E-state index in [0.29, 0.717) is 16.3 Å². The number of carbonyl (C=O) groups excluding carboxylic acids is 2. The third-order valence-electron chi connectivity index (χ3n) is 2.35. The lowest BCUT2D eigenvalue weighted by molar-refractivity contribution is -0.120. The van der Waals surface area contributed by atoms with E-state index >= 15 is 0 Å². The fourth-order valence-electron chi connectivity index (χ4n) is 1.55. The van der Waals surface area contributed by atoms with Gasteiger partial charge in [0.25, 0.3) is 5.91 Å². The maximum Gasteiger partial charge on any atom is 0.253 e. The molecule has 1 aromatic carbocycles. The van der Waals surface area contributed by atoms with Crippen LogP contribution in [0, 0.1) is 0 Å². The fourth-order valence-corrected chi connectivity index (χ4v) is 1.72. The highest BCUT2D eigenvalue weighted by molar-refractivity contribution is 6.31. The number of anilines is 1. The number of halogens is 1. The van der Waals surface area contributed by atoms with Gasteiger partial charge in [0, 0.05) is 23.8 Å². The van der Waals surface area contributed by atoms with E-state index in [-0.39, 0.29) is 24.4 Å². The minimum Gasteiger partial charge on any atom is -0.387 e. The summed E-state index contributed by atoms with van der Waals surface area (Å²) in [4.78, 5) is 23.4. The second kappa shape index (κ2) is 6.99. The summed E-state index contributed by atoms with van der Waals surface area (Å²) in [5.74, 6) is -0.567. The van der Waals surface area contributed by atoms with E-state index in [9.17, 15) is 9.59 Å². The van der Waals surface area contributed by atoms with Crippen molar-refractivity contribution in [2.24, 2.45) is 0 Å². The minimum absolute atomic E-state index is 0.0449. The predicted octanol–water partition coefficient (Wildman–Crippen LogP) is 1.64. The Labute approximate surface area is 117 Å². The van der Waals surface area contributed by atoms with E-state index < -0.39 is 0 Å². The van der Waals surface area contributed by atoms with Gasteiger partial charge in [-0.3, -0.25) is 9.59 Å². The monoisotopic (exact) mass is 283 g/mol. The molecule has 1 aromatic rings. The second-order valence-electron chi connectivity index (χ2n) is 4.34. The molecule has 19 heavy (non-hydrogen) atoms. The zero-order valence-electron chi connectivity index (χ0n) is 11.2. The highest BCUT2D eigenvalue weighted by Crippen LogP contribution is 2.19. The van der Waals surface area contributed by atoms with Gasteiger partial charge in [0.15, 0.2) is 0 Å². The number of rotatable bonds is 5. The van der Waals surface area contributed by atoms with Crippen molar-refractivity contribution in [3.05, 3.63) is 28.8 Å². The number of hydrogen-bond acceptors (Lipinski definition) is 3. The summed E-state index contributed by atoms with van der Waals surface area (Å²) in [6.07, 6.45) is 0. The fraction of sp³-hybridized carbons (Fsp3) is 0.385. The minimum atomic E-state index is -0.342. The Hall–Kier alpha value is -1.75. The Morgan fingerprint density at radius 1 is 1.32 bits per heavy atom. The normalized spacial score (nSPS) is 10.2. The summed E-state index contributed by atoms with van der Waals surface area (Å²) in [6.45, 7) is 3.65. The Kier molecular flexibility index (Phi) is 5.63. The first-order valence-electron chi connectivity index (χ1n) is 5.99. The summed E-state index contributed by atoms with van der Waals surface area (Å²) in [5, 5.41) is 8.62. The topological polar surface area (TPSA) is 70.2 Å². The summed E-state index contributed by atoms with van der Waals surface area (Å²) >= 11 is 5.86. The van der Waals surface area contributed by atoms with Crippen LogP contribution in [-0.4, -0.2) is 31.4 Å². The van der Waals surface area contributed by atoms with Crippen molar-refractivity contribution < 1.29 is 9.59 Å². The van der Waals surface area contributed by atoms with E-state index in [4.69, 9.17) is 11.6 Å². The molecule has 0 heterocycles. The van der Waals surface area contributed by atoms with Crippen LogP contribution in [0.3, 0.4) is 0 Å².